The van der Waals surface area contributed by atoms with Gasteiger partial charge in [-0.05, 0) is 37.0 Å². The molecule has 1 aromatic rings. The molecule has 0 aromatic heterocycles. The van der Waals surface area contributed by atoms with Crippen molar-refractivity contribution in [1.82, 2.24) is 5.48 Å². The number of ether oxygens (including phenoxy) is 1. The van der Waals surface area contributed by atoms with Crippen molar-refractivity contribution in [3.05, 3.63) is 29.3 Å². The highest BCUT2D eigenvalue weighted by Crippen LogP contribution is 2.19. The summed E-state index contributed by atoms with van der Waals surface area (Å²) in [4.78, 5) is 17.1. The van der Waals surface area contributed by atoms with Crippen molar-refractivity contribution in [3.8, 4) is 5.75 Å². The maximum absolute atomic E-state index is 11.9. The van der Waals surface area contributed by atoms with Gasteiger partial charge in [0.2, 0.25) is 0 Å². The number of benzene rings is 1. The molecule has 104 valence electrons. The van der Waals surface area contributed by atoms with Crippen molar-refractivity contribution in [2.24, 2.45) is 0 Å². The number of phenols is 1. The highest BCUT2D eigenvalue weighted by atomic mass is 16.8. The van der Waals surface area contributed by atoms with Crippen LogP contribution in [0.4, 0.5) is 0 Å². The van der Waals surface area contributed by atoms with Gasteiger partial charge in [-0.3, -0.25) is 4.79 Å². The number of carbonyl (C=O) groups excluding carboxylic acids is 1. The fourth-order valence-electron chi connectivity index (χ4n) is 1.96. The van der Waals surface area contributed by atoms with Crippen molar-refractivity contribution in [2.45, 2.75) is 38.9 Å². The second kappa shape index (κ2) is 6.54. The van der Waals surface area contributed by atoms with E-state index in [0.29, 0.717) is 6.61 Å². The highest BCUT2D eigenvalue weighted by molar-refractivity contribution is 5.96. The van der Waals surface area contributed by atoms with Crippen LogP contribution in [0.5, 0.6) is 5.75 Å². The number of phenolic OH excluding ortho intramolecular Hbond substituents is 1. The fraction of sp³-hybridized carbons (Fsp3) is 0.500. The summed E-state index contributed by atoms with van der Waals surface area (Å²) in [6.45, 7) is 2.64. The average Bonchev–Trinajstić information content (AvgIpc) is 2.46. The molecule has 19 heavy (non-hydrogen) atoms. The number of nitrogens with one attached hydrogen (secondary N) is 1. The Morgan fingerprint density at radius 1 is 1.53 bits per heavy atom. The van der Waals surface area contributed by atoms with E-state index in [1.54, 1.807) is 12.1 Å². The molecule has 1 saturated heterocycles. The Morgan fingerprint density at radius 2 is 2.37 bits per heavy atom. The van der Waals surface area contributed by atoms with Crippen LogP contribution >= 0.6 is 0 Å². The minimum Gasteiger partial charge on any atom is -0.507 e. The Labute approximate surface area is 112 Å². The molecule has 0 bridgehead atoms. The Morgan fingerprint density at radius 3 is 3.05 bits per heavy atom. The van der Waals surface area contributed by atoms with Crippen LogP contribution in [0.1, 0.15) is 42.1 Å². The number of hydroxylamine groups is 1. The normalized spacial score (nSPS) is 19.1. The number of hydrogen-bond acceptors (Lipinski definition) is 4. The largest absolute Gasteiger partial charge is 0.507 e. The van der Waals surface area contributed by atoms with E-state index in [-0.39, 0.29) is 11.3 Å². The zero-order valence-corrected chi connectivity index (χ0v) is 11.0. The van der Waals surface area contributed by atoms with E-state index in [2.05, 4.69) is 5.48 Å². The van der Waals surface area contributed by atoms with Crippen LogP contribution in [0.25, 0.3) is 0 Å². The standard InChI is InChI=1S/C14H19NO4/c1-2-10-6-7-12(16)11(9-10)14(17)15-19-13-5-3-4-8-18-13/h6-7,9,13,16H,2-5,8H2,1H3,(H,15,17)/t13-/m1/s1. The lowest BCUT2D eigenvalue weighted by Crippen LogP contribution is -2.33. The number of carbonyl (C=O) groups is 1. The molecule has 2 N–H and O–H groups in total. The second-order valence-electron chi connectivity index (χ2n) is 4.55. The second-order valence-corrected chi connectivity index (χ2v) is 4.55. The lowest BCUT2D eigenvalue weighted by molar-refractivity contribution is -0.186. The molecule has 0 aliphatic carbocycles. The van der Waals surface area contributed by atoms with Gasteiger partial charge in [0, 0.05) is 13.0 Å². The molecule has 1 atom stereocenters. The van der Waals surface area contributed by atoms with E-state index in [1.165, 1.54) is 6.07 Å². The molecule has 0 unspecified atom stereocenters. The van der Waals surface area contributed by atoms with Gasteiger partial charge in [0.05, 0.1) is 5.56 Å². The molecule has 0 spiro atoms. The van der Waals surface area contributed by atoms with Crippen molar-refractivity contribution in [3.63, 3.8) is 0 Å². The summed E-state index contributed by atoms with van der Waals surface area (Å²) in [5.74, 6) is -0.509. The molecule has 0 saturated carbocycles. The summed E-state index contributed by atoms with van der Waals surface area (Å²) in [5, 5.41) is 9.69. The van der Waals surface area contributed by atoms with Gasteiger partial charge >= 0.3 is 0 Å². The summed E-state index contributed by atoms with van der Waals surface area (Å²) < 4.78 is 5.34. The van der Waals surface area contributed by atoms with E-state index in [1.807, 2.05) is 6.92 Å². The lowest BCUT2D eigenvalue weighted by Gasteiger charge is -2.22. The molecule has 1 amide bonds. The van der Waals surface area contributed by atoms with Gasteiger partial charge in [-0.2, -0.15) is 0 Å². The van der Waals surface area contributed by atoms with E-state index in [0.717, 1.165) is 31.2 Å². The van der Waals surface area contributed by atoms with Crippen LogP contribution in [-0.2, 0) is 16.0 Å². The number of aromatic hydroxyl groups is 1. The van der Waals surface area contributed by atoms with Crippen molar-refractivity contribution in [2.75, 3.05) is 6.61 Å². The smallest absolute Gasteiger partial charge is 0.278 e. The molecule has 5 nitrogen and oxygen atoms in total. The quantitative estimate of drug-likeness (QED) is 0.818. The fourth-order valence-corrected chi connectivity index (χ4v) is 1.96. The molecule has 1 aliphatic heterocycles. The zero-order valence-electron chi connectivity index (χ0n) is 11.0. The van der Waals surface area contributed by atoms with Crippen molar-refractivity contribution < 1.29 is 19.5 Å². The molecule has 1 fully saturated rings. The van der Waals surface area contributed by atoms with Crippen LogP contribution in [0.3, 0.4) is 0 Å². The van der Waals surface area contributed by atoms with E-state index in [9.17, 15) is 9.90 Å². The Bertz CT molecular complexity index is 441. The minimum atomic E-state index is -0.457. The third kappa shape index (κ3) is 3.68. The summed E-state index contributed by atoms with van der Waals surface area (Å²) in [7, 11) is 0. The molecular weight excluding hydrogens is 246 g/mol. The predicted octanol–water partition coefficient (Wildman–Crippen LogP) is 2.14. The summed E-state index contributed by atoms with van der Waals surface area (Å²) in [6, 6.07) is 4.97. The van der Waals surface area contributed by atoms with Crippen LogP contribution in [0.2, 0.25) is 0 Å². The third-order valence-corrected chi connectivity index (χ3v) is 3.13. The Kier molecular flexibility index (Phi) is 4.76. The predicted molar refractivity (Wildman–Crippen MR) is 69.6 cm³/mol. The van der Waals surface area contributed by atoms with Crippen LogP contribution in [0.15, 0.2) is 18.2 Å². The highest BCUT2D eigenvalue weighted by Gasteiger charge is 2.17. The molecule has 1 aliphatic rings. The van der Waals surface area contributed by atoms with Crippen LogP contribution < -0.4 is 5.48 Å². The Hall–Kier alpha value is -1.59. The zero-order chi connectivity index (χ0) is 13.7. The topological polar surface area (TPSA) is 67.8 Å². The average molecular weight is 265 g/mol. The summed E-state index contributed by atoms with van der Waals surface area (Å²) in [6.07, 6.45) is 3.22. The van der Waals surface area contributed by atoms with Gasteiger partial charge in [0.25, 0.3) is 5.91 Å². The van der Waals surface area contributed by atoms with Gasteiger partial charge in [-0.15, -0.1) is 0 Å². The third-order valence-electron chi connectivity index (χ3n) is 3.13. The van der Waals surface area contributed by atoms with Gasteiger partial charge < -0.3 is 9.84 Å². The van der Waals surface area contributed by atoms with Gasteiger partial charge in [0.15, 0.2) is 6.29 Å². The van der Waals surface area contributed by atoms with E-state index < -0.39 is 12.2 Å². The van der Waals surface area contributed by atoms with Gasteiger partial charge in [0.1, 0.15) is 5.75 Å². The summed E-state index contributed by atoms with van der Waals surface area (Å²) in [5.41, 5.74) is 3.54. The molecule has 1 heterocycles. The van der Waals surface area contributed by atoms with E-state index >= 15 is 0 Å². The van der Waals surface area contributed by atoms with E-state index in [4.69, 9.17) is 9.57 Å². The number of amides is 1. The minimum absolute atomic E-state index is 0.0529. The number of rotatable bonds is 4. The molecule has 1 aromatic carbocycles. The van der Waals surface area contributed by atoms with Crippen LogP contribution in [-0.4, -0.2) is 23.9 Å². The lowest BCUT2D eigenvalue weighted by atomic mass is 10.1. The molecule has 0 radical (unpaired) electrons. The SMILES string of the molecule is CCc1ccc(O)c(C(=O)NO[C@@H]2CCCCO2)c1. The van der Waals surface area contributed by atoms with Gasteiger partial charge in [-0.1, -0.05) is 13.0 Å². The monoisotopic (exact) mass is 265 g/mol. The molecular formula is C14H19NO4. The Balaban J connectivity index is 1.95. The number of hydrogen-bond donors (Lipinski definition) is 2. The first-order valence-corrected chi connectivity index (χ1v) is 6.60. The summed E-state index contributed by atoms with van der Waals surface area (Å²) >= 11 is 0. The maximum Gasteiger partial charge on any atom is 0.278 e. The van der Waals surface area contributed by atoms with Crippen molar-refractivity contribution in [1.29, 1.82) is 0 Å². The number of aryl methyl sites for hydroxylation is 1. The van der Waals surface area contributed by atoms with Crippen LogP contribution in [0, 0.1) is 0 Å². The molecule has 5 heteroatoms. The maximum atomic E-state index is 11.9. The first kappa shape index (κ1) is 13.8. The first-order chi connectivity index (χ1) is 9.20. The van der Waals surface area contributed by atoms with Gasteiger partial charge in [-0.25, -0.2) is 10.3 Å². The van der Waals surface area contributed by atoms with Crippen molar-refractivity contribution >= 4 is 5.91 Å². The first-order valence-electron chi connectivity index (χ1n) is 6.60. The molecule has 2 rings (SSSR count).